The minimum Gasteiger partial charge on any atom is -0.394 e. The summed E-state index contributed by atoms with van der Waals surface area (Å²) in [6.07, 6.45) is -4.59. The van der Waals surface area contributed by atoms with Gasteiger partial charge in [0.05, 0.1) is 18.1 Å². The molecule has 10 unspecified atom stereocenters. The van der Waals surface area contributed by atoms with Crippen LogP contribution in [0.2, 0.25) is 0 Å². The van der Waals surface area contributed by atoms with Gasteiger partial charge in [-0.1, -0.05) is 15.9 Å². The molecule has 1 aliphatic carbocycles. The first-order chi connectivity index (χ1) is 10.9. The van der Waals surface area contributed by atoms with Crippen LogP contribution in [0, 0.1) is 5.92 Å². The Morgan fingerprint density at radius 3 is 2.61 bits per heavy atom. The van der Waals surface area contributed by atoms with Crippen LogP contribution >= 0.6 is 27.5 Å². The molecule has 0 radical (unpaired) electrons. The zero-order valence-corrected chi connectivity index (χ0v) is 14.8. The highest BCUT2D eigenvalue weighted by molar-refractivity contribution is 9.09. The third-order valence-corrected chi connectivity index (χ3v) is 7.03. The van der Waals surface area contributed by atoms with E-state index >= 15 is 0 Å². The van der Waals surface area contributed by atoms with Gasteiger partial charge in [-0.3, -0.25) is 0 Å². The molecular formula is C14H23BrClNO6. The van der Waals surface area contributed by atoms with E-state index in [1.807, 2.05) is 0 Å². The molecular weight excluding hydrogens is 394 g/mol. The SMILES string of the molecule is OCC1OC(OC2CNC3CCC(Br)C(Cl)C32)C(O)C(O)C1O. The highest BCUT2D eigenvalue weighted by atomic mass is 79.9. The predicted molar refractivity (Wildman–Crippen MR) is 85.5 cm³/mol. The largest absolute Gasteiger partial charge is 0.394 e. The van der Waals surface area contributed by atoms with Crippen LogP contribution in [0.3, 0.4) is 0 Å². The predicted octanol–water partition coefficient (Wildman–Crippen LogP) is -1.08. The van der Waals surface area contributed by atoms with Crippen molar-refractivity contribution in [1.29, 1.82) is 0 Å². The summed E-state index contributed by atoms with van der Waals surface area (Å²) < 4.78 is 11.3. The Morgan fingerprint density at radius 2 is 1.91 bits per heavy atom. The number of hydrogen-bond acceptors (Lipinski definition) is 7. The summed E-state index contributed by atoms with van der Waals surface area (Å²) in [4.78, 5) is 0.200. The lowest BCUT2D eigenvalue weighted by Crippen LogP contribution is -2.60. The number of fused-ring (bicyclic) bond motifs is 1. The fourth-order valence-corrected chi connectivity index (χ4v) is 4.83. The van der Waals surface area contributed by atoms with Crippen molar-refractivity contribution >= 4 is 27.5 Å². The second-order valence-corrected chi connectivity index (χ2v) is 8.18. The van der Waals surface area contributed by atoms with E-state index in [-0.39, 0.29) is 28.3 Å². The molecule has 0 aromatic rings. The summed E-state index contributed by atoms with van der Waals surface area (Å²) in [7, 11) is 0. The van der Waals surface area contributed by atoms with Gasteiger partial charge in [0.15, 0.2) is 6.29 Å². The van der Waals surface area contributed by atoms with Crippen molar-refractivity contribution in [1.82, 2.24) is 5.32 Å². The number of aliphatic hydroxyl groups excluding tert-OH is 4. The maximum atomic E-state index is 10.1. The van der Waals surface area contributed by atoms with Crippen LogP contribution in [0.25, 0.3) is 0 Å². The summed E-state index contributed by atoms with van der Waals surface area (Å²) >= 11 is 10.1. The fraction of sp³-hybridized carbons (Fsp3) is 1.00. The Labute approximate surface area is 148 Å². The van der Waals surface area contributed by atoms with E-state index in [1.165, 1.54) is 0 Å². The van der Waals surface area contributed by atoms with E-state index in [9.17, 15) is 20.4 Å². The van der Waals surface area contributed by atoms with Gasteiger partial charge in [-0.15, -0.1) is 11.6 Å². The molecule has 134 valence electrons. The normalized spacial score (nSPS) is 54.0. The lowest BCUT2D eigenvalue weighted by molar-refractivity contribution is -0.312. The number of rotatable bonds is 3. The quantitative estimate of drug-likeness (QED) is 0.372. The van der Waals surface area contributed by atoms with Gasteiger partial charge >= 0.3 is 0 Å². The molecule has 2 heterocycles. The third-order valence-electron chi connectivity index (χ3n) is 5.10. The zero-order valence-electron chi connectivity index (χ0n) is 12.5. The van der Waals surface area contributed by atoms with Gasteiger partial charge in [0.25, 0.3) is 0 Å². The van der Waals surface area contributed by atoms with Gasteiger partial charge in [-0.05, 0) is 12.8 Å². The summed E-state index contributed by atoms with van der Waals surface area (Å²) in [5.41, 5.74) is 0. The van der Waals surface area contributed by atoms with Crippen LogP contribution in [0.5, 0.6) is 0 Å². The Morgan fingerprint density at radius 1 is 1.17 bits per heavy atom. The molecule has 5 N–H and O–H groups in total. The summed E-state index contributed by atoms with van der Waals surface area (Å²) in [6.45, 7) is 0.106. The number of nitrogens with one attached hydrogen (secondary N) is 1. The highest BCUT2D eigenvalue weighted by Crippen LogP contribution is 2.40. The topological polar surface area (TPSA) is 111 Å². The molecule has 0 amide bonds. The van der Waals surface area contributed by atoms with Crippen molar-refractivity contribution in [3.05, 3.63) is 0 Å². The summed E-state index contributed by atoms with van der Waals surface area (Å²) in [6, 6.07) is 0.251. The molecule has 3 rings (SSSR count). The average Bonchev–Trinajstić information content (AvgIpc) is 2.95. The molecule has 7 nitrogen and oxygen atoms in total. The van der Waals surface area contributed by atoms with E-state index in [2.05, 4.69) is 21.2 Å². The molecule has 0 aromatic heterocycles. The van der Waals surface area contributed by atoms with E-state index < -0.39 is 37.3 Å². The van der Waals surface area contributed by atoms with Gasteiger partial charge in [-0.2, -0.15) is 0 Å². The minimum atomic E-state index is -1.43. The Kier molecular flexibility index (Phi) is 5.88. The van der Waals surface area contributed by atoms with E-state index in [0.29, 0.717) is 6.54 Å². The van der Waals surface area contributed by atoms with E-state index in [0.717, 1.165) is 12.8 Å². The smallest absolute Gasteiger partial charge is 0.187 e. The van der Waals surface area contributed by atoms with Gasteiger partial charge in [0.1, 0.15) is 24.4 Å². The monoisotopic (exact) mass is 415 g/mol. The van der Waals surface area contributed by atoms with Crippen LogP contribution in [-0.2, 0) is 9.47 Å². The van der Waals surface area contributed by atoms with Crippen molar-refractivity contribution in [2.75, 3.05) is 13.2 Å². The lowest BCUT2D eigenvalue weighted by atomic mass is 9.83. The number of halogens is 2. The number of aliphatic hydroxyl groups is 4. The maximum Gasteiger partial charge on any atom is 0.187 e. The first-order valence-electron chi connectivity index (χ1n) is 7.91. The Hall–Kier alpha value is 0.490. The van der Waals surface area contributed by atoms with Crippen molar-refractivity contribution in [3.63, 3.8) is 0 Å². The maximum absolute atomic E-state index is 10.1. The summed E-state index contributed by atoms with van der Waals surface area (Å²) in [5, 5.41) is 42.3. The van der Waals surface area contributed by atoms with Crippen LogP contribution < -0.4 is 5.32 Å². The van der Waals surface area contributed by atoms with Gasteiger partial charge < -0.3 is 35.2 Å². The first kappa shape index (κ1) is 18.3. The van der Waals surface area contributed by atoms with Crippen LogP contribution in [0.15, 0.2) is 0 Å². The summed E-state index contributed by atoms with van der Waals surface area (Å²) in [5.74, 6) is 0.0576. The zero-order chi connectivity index (χ0) is 16.7. The van der Waals surface area contributed by atoms with Crippen molar-refractivity contribution in [2.45, 2.75) is 65.9 Å². The van der Waals surface area contributed by atoms with Crippen molar-refractivity contribution in [2.24, 2.45) is 5.92 Å². The molecule has 0 aromatic carbocycles. The molecule has 2 aliphatic heterocycles. The molecule has 3 fully saturated rings. The molecule has 23 heavy (non-hydrogen) atoms. The van der Waals surface area contributed by atoms with Gasteiger partial charge in [-0.25, -0.2) is 0 Å². The van der Waals surface area contributed by atoms with E-state index in [4.69, 9.17) is 21.1 Å². The minimum absolute atomic E-state index is 0.0576. The Bertz CT molecular complexity index is 419. The average molecular weight is 417 g/mol. The van der Waals surface area contributed by atoms with Gasteiger partial charge in [0, 0.05) is 23.3 Å². The van der Waals surface area contributed by atoms with Crippen LogP contribution in [0.4, 0.5) is 0 Å². The first-order valence-corrected chi connectivity index (χ1v) is 9.26. The molecule has 10 atom stereocenters. The fourth-order valence-electron chi connectivity index (χ4n) is 3.75. The van der Waals surface area contributed by atoms with Crippen molar-refractivity contribution in [3.8, 4) is 0 Å². The molecule has 3 aliphatic rings. The highest BCUT2D eigenvalue weighted by Gasteiger charge is 2.50. The lowest BCUT2D eigenvalue weighted by Gasteiger charge is -2.42. The second kappa shape index (κ2) is 7.39. The van der Waals surface area contributed by atoms with E-state index in [1.54, 1.807) is 0 Å². The molecule has 0 spiro atoms. The molecule has 0 bridgehead atoms. The standard InChI is InChI=1S/C14H23BrClNO6/c15-5-1-2-6-9(10(5)16)7(3-17-6)22-14-13(21)12(20)11(19)8(4-18)23-14/h5-14,17-21H,1-4H2. The third kappa shape index (κ3) is 3.43. The van der Waals surface area contributed by atoms with Crippen molar-refractivity contribution < 1.29 is 29.9 Å². The van der Waals surface area contributed by atoms with Crippen LogP contribution in [0.1, 0.15) is 12.8 Å². The number of ether oxygens (including phenoxy) is 2. The van der Waals surface area contributed by atoms with Gasteiger partial charge in [0.2, 0.25) is 0 Å². The second-order valence-electron chi connectivity index (χ2n) is 6.50. The molecule has 2 saturated heterocycles. The number of alkyl halides is 2. The van der Waals surface area contributed by atoms with Crippen LogP contribution in [-0.4, -0.2) is 86.6 Å². The number of hydrogen-bond donors (Lipinski definition) is 5. The molecule has 1 saturated carbocycles. The molecule has 9 heteroatoms. The Balaban J connectivity index is 1.68.